The lowest BCUT2D eigenvalue weighted by Gasteiger charge is -2.32. The van der Waals surface area contributed by atoms with E-state index < -0.39 is 0 Å². The third-order valence-corrected chi connectivity index (χ3v) is 16.0. The fraction of sp³-hybridized carbons (Fsp3) is 0.231. The molecule has 0 radical (unpaired) electrons. The quantitative estimate of drug-likeness (QED) is 0.0471. The van der Waals surface area contributed by atoms with E-state index in [4.69, 9.17) is 18.8 Å². The predicted molar refractivity (Wildman–Crippen MR) is 358 cm³/mol. The van der Waals surface area contributed by atoms with Crippen LogP contribution in [0.5, 0.6) is 11.5 Å². The molecule has 0 aromatic heterocycles. The number of halogens is 1. The third-order valence-electron chi connectivity index (χ3n) is 15.3. The molecule has 0 bridgehead atoms. The van der Waals surface area contributed by atoms with Crippen LogP contribution in [0.3, 0.4) is 0 Å². The van der Waals surface area contributed by atoms with Crippen molar-refractivity contribution in [2.24, 2.45) is 0 Å². The van der Waals surface area contributed by atoms with Crippen LogP contribution in [0.1, 0.15) is 115 Å². The molecule has 84 heavy (non-hydrogen) atoms. The van der Waals surface area contributed by atoms with Crippen molar-refractivity contribution in [3.05, 3.63) is 233 Å². The van der Waals surface area contributed by atoms with E-state index in [1.54, 1.807) is 0 Å². The minimum atomic E-state index is -0.338. The van der Waals surface area contributed by atoms with Crippen LogP contribution in [0.2, 0.25) is 0 Å². The first-order valence-corrected chi connectivity index (χ1v) is 30.3. The average Bonchev–Trinajstić information content (AvgIpc) is 2.58. The van der Waals surface area contributed by atoms with Gasteiger partial charge in [-0.15, -0.1) is 0 Å². The van der Waals surface area contributed by atoms with Crippen molar-refractivity contribution < 1.29 is 18.8 Å². The minimum Gasteiger partial charge on any atom is -0.494 e. The first-order valence-electron chi connectivity index (χ1n) is 29.5. The Hall–Kier alpha value is -8.46. The van der Waals surface area contributed by atoms with Gasteiger partial charge in [-0.2, -0.15) is 0 Å². The van der Waals surface area contributed by atoms with E-state index in [-0.39, 0.29) is 18.3 Å². The first kappa shape index (κ1) is 60.1. The topological polar surface area (TPSA) is 36.9 Å². The van der Waals surface area contributed by atoms with Crippen LogP contribution in [0.4, 0.5) is 0 Å². The molecule has 418 valence electrons. The summed E-state index contributed by atoms with van der Waals surface area (Å²) in [4.78, 5) is 0. The molecule has 1 aliphatic heterocycles. The molecule has 10 aromatic carbocycles. The van der Waals surface area contributed by atoms with Crippen LogP contribution >= 0.6 is 15.9 Å². The van der Waals surface area contributed by atoms with Crippen LogP contribution in [-0.2, 0) is 9.31 Å². The Morgan fingerprint density at radius 3 is 1.35 bits per heavy atom. The summed E-state index contributed by atoms with van der Waals surface area (Å²) in [7, 11) is -0.338. The van der Waals surface area contributed by atoms with Crippen molar-refractivity contribution >= 4 is 71.6 Å². The number of rotatable bonds is 14. The van der Waals surface area contributed by atoms with Gasteiger partial charge < -0.3 is 18.8 Å². The normalized spacial score (nSPS) is 12.6. The molecule has 1 aliphatic rings. The molecule has 0 N–H and O–H groups in total. The van der Waals surface area contributed by atoms with E-state index in [0.717, 1.165) is 75.3 Å². The molecular weight excluding hydrogens is 1090 g/mol. The Bertz CT molecular complexity index is 4100. The van der Waals surface area contributed by atoms with E-state index in [9.17, 15) is 0 Å². The molecule has 10 aromatic rings. The summed E-state index contributed by atoms with van der Waals surface area (Å²) in [6, 6.07) is 70.6. The summed E-state index contributed by atoms with van der Waals surface area (Å²) in [5, 5.41) is 9.91. The van der Waals surface area contributed by atoms with Crippen molar-refractivity contribution in [2.45, 2.75) is 104 Å². The molecule has 0 saturated carbocycles. The van der Waals surface area contributed by atoms with Crippen LogP contribution in [0.25, 0.3) is 54.2 Å². The molecule has 0 unspecified atom stereocenters. The highest BCUT2D eigenvalue weighted by Gasteiger charge is 2.52. The lowest BCUT2D eigenvalue weighted by Crippen LogP contribution is -2.41. The van der Waals surface area contributed by atoms with Crippen LogP contribution < -0.4 is 14.9 Å². The third kappa shape index (κ3) is 15.8. The van der Waals surface area contributed by atoms with Gasteiger partial charge in [-0.25, -0.2) is 0 Å². The molecule has 1 heterocycles. The zero-order valence-electron chi connectivity index (χ0n) is 49.3. The Kier molecular flexibility index (Phi) is 21.3. The van der Waals surface area contributed by atoms with Crippen LogP contribution in [0, 0.1) is 47.4 Å². The Morgan fingerprint density at radius 2 is 0.810 bits per heavy atom. The van der Waals surface area contributed by atoms with Gasteiger partial charge in [0.05, 0.1) is 24.4 Å². The standard InChI is InChI=1S/C36H30O.C22H21BrO.C20H21BO2/c1-2-3-4-13-26-37-31-24-22-28(23-25-31)14-5-6-15-29-16-7-9-18-32(29)36-27-30-17-8-10-19-33(30)34-20-11-12-21-35(34)36;1-2-3-4-9-18-24-21-16-14-19(15-17-21)10-5-6-11-20-12-7-8-13-22(20)23;1-19(2)20(3,4)23-21(22-19)18-13-14-9-5-6-10-15(14)16-11-7-8-12-17(16)18/h7-12,16-25,27H,2-4,13,26H2,1H3;7-8,12-17H,2-4,9,18H2,1H3;5-13H,1-4H3. The molecule has 11 rings (SSSR count). The van der Waals surface area contributed by atoms with Gasteiger partial charge in [0.2, 0.25) is 0 Å². The molecule has 1 fully saturated rings. The lowest BCUT2D eigenvalue weighted by atomic mass is 9.75. The second kappa shape index (κ2) is 29.7. The summed E-state index contributed by atoms with van der Waals surface area (Å²) >= 11 is 3.47. The van der Waals surface area contributed by atoms with Gasteiger partial charge in [-0.1, -0.05) is 210 Å². The molecule has 0 spiro atoms. The van der Waals surface area contributed by atoms with Gasteiger partial charge >= 0.3 is 7.12 Å². The molecule has 0 amide bonds. The van der Waals surface area contributed by atoms with Gasteiger partial charge in [0.15, 0.2) is 0 Å². The molecular formula is C78H72BBrO4. The van der Waals surface area contributed by atoms with Gasteiger partial charge in [-0.3, -0.25) is 0 Å². The van der Waals surface area contributed by atoms with Crippen molar-refractivity contribution in [2.75, 3.05) is 13.2 Å². The summed E-state index contributed by atoms with van der Waals surface area (Å²) < 4.78 is 25.1. The predicted octanol–water partition coefficient (Wildman–Crippen LogP) is 19.1. The maximum atomic E-state index is 6.28. The van der Waals surface area contributed by atoms with Crippen molar-refractivity contribution in [1.82, 2.24) is 0 Å². The second-order valence-electron chi connectivity index (χ2n) is 21.9. The lowest BCUT2D eigenvalue weighted by molar-refractivity contribution is 0.00578. The SMILES string of the molecule is CC1(C)OB(c2cc3ccccc3c3ccccc23)OC1(C)C.CCCCCCOc1ccc(C#CC#Cc2ccccc2-c2cc3ccccc3c3ccccc23)cc1.CCCCCCOc1ccc(C#CC#Cc2ccccc2Br)cc1. The maximum absolute atomic E-state index is 6.28. The number of hydrogen-bond donors (Lipinski definition) is 0. The molecule has 4 nitrogen and oxygen atoms in total. The number of fused-ring (bicyclic) bond motifs is 6. The minimum absolute atomic E-state index is 0.329. The van der Waals surface area contributed by atoms with E-state index in [1.807, 2.05) is 78.9 Å². The van der Waals surface area contributed by atoms with Crippen LogP contribution in [0.15, 0.2) is 211 Å². The van der Waals surface area contributed by atoms with Crippen LogP contribution in [-0.4, -0.2) is 31.5 Å². The van der Waals surface area contributed by atoms with Gasteiger partial charge in [-0.05, 0) is 213 Å². The van der Waals surface area contributed by atoms with Crippen molar-refractivity contribution in [1.29, 1.82) is 0 Å². The summed E-state index contributed by atoms with van der Waals surface area (Å²) in [5.74, 6) is 26.2. The zero-order chi connectivity index (χ0) is 58.6. The van der Waals surface area contributed by atoms with E-state index >= 15 is 0 Å². The maximum Gasteiger partial charge on any atom is 0.495 e. The summed E-state index contributed by atoms with van der Waals surface area (Å²) in [6.07, 6.45) is 9.69. The fourth-order valence-corrected chi connectivity index (χ4v) is 10.4. The average molecular weight is 1160 g/mol. The highest BCUT2D eigenvalue weighted by Crippen LogP contribution is 2.39. The number of ether oxygens (including phenoxy) is 2. The van der Waals surface area contributed by atoms with Gasteiger partial charge in [0, 0.05) is 26.7 Å². The molecule has 0 aliphatic carbocycles. The Labute approximate surface area is 507 Å². The highest BCUT2D eigenvalue weighted by atomic mass is 79.9. The zero-order valence-corrected chi connectivity index (χ0v) is 50.9. The van der Waals surface area contributed by atoms with Gasteiger partial charge in [0.1, 0.15) is 11.5 Å². The number of benzene rings is 10. The van der Waals surface area contributed by atoms with Crippen molar-refractivity contribution in [3.8, 4) is 70.0 Å². The Balaban J connectivity index is 0.000000158. The first-order chi connectivity index (χ1) is 41.0. The molecule has 6 heteroatoms. The highest BCUT2D eigenvalue weighted by molar-refractivity contribution is 9.10. The fourth-order valence-electron chi connectivity index (χ4n) is 10.0. The second-order valence-corrected chi connectivity index (χ2v) is 22.8. The summed E-state index contributed by atoms with van der Waals surface area (Å²) in [6.45, 7) is 14.4. The molecule has 0 atom stereocenters. The summed E-state index contributed by atoms with van der Waals surface area (Å²) in [5.41, 5.74) is 6.56. The molecule has 1 saturated heterocycles. The van der Waals surface area contributed by atoms with E-state index in [0.29, 0.717) is 0 Å². The number of unbranched alkanes of at least 4 members (excludes halogenated alkanes) is 6. The number of hydrogen-bond acceptors (Lipinski definition) is 4. The van der Waals surface area contributed by atoms with E-state index in [1.165, 1.54) is 87.2 Å². The van der Waals surface area contributed by atoms with Gasteiger partial charge in [0.25, 0.3) is 0 Å². The smallest absolute Gasteiger partial charge is 0.494 e. The Morgan fingerprint density at radius 1 is 0.393 bits per heavy atom. The largest absolute Gasteiger partial charge is 0.495 e. The van der Waals surface area contributed by atoms with E-state index in [2.05, 4.69) is 232 Å². The van der Waals surface area contributed by atoms with Crippen molar-refractivity contribution in [3.63, 3.8) is 0 Å². The monoisotopic (exact) mass is 1160 g/mol.